The van der Waals surface area contributed by atoms with Gasteiger partial charge in [-0.15, -0.1) is 10.2 Å². The highest BCUT2D eigenvalue weighted by Gasteiger charge is 2.30. The molecule has 1 heterocycles. The smallest absolute Gasteiger partial charge is 0.146 e. The molecular formula is C16H22N4. The standard InChI is InChI=1S/C16H22N4/c1-3-20-11-18-19-16(20)10-17-14-8-13(9-14)15-7-5-4-6-12(15)2/h4-7,11,13-14,17H,3,8-10H2,1-2H3. The molecule has 0 amide bonds. The Hall–Kier alpha value is -1.68. The highest BCUT2D eigenvalue weighted by Crippen LogP contribution is 2.38. The van der Waals surface area contributed by atoms with Crippen LogP contribution >= 0.6 is 0 Å². The molecule has 0 bridgehead atoms. The lowest BCUT2D eigenvalue weighted by Crippen LogP contribution is -2.40. The van der Waals surface area contributed by atoms with E-state index < -0.39 is 0 Å². The highest BCUT2D eigenvalue weighted by atomic mass is 15.3. The lowest BCUT2D eigenvalue weighted by atomic mass is 9.74. The minimum atomic E-state index is 0.613. The van der Waals surface area contributed by atoms with E-state index in [2.05, 4.69) is 58.2 Å². The van der Waals surface area contributed by atoms with Gasteiger partial charge in [0.05, 0.1) is 6.54 Å². The van der Waals surface area contributed by atoms with Crippen LogP contribution in [-0.4, -0.2) is 20.8 Å². The van der Waals surface area contributed by atoms with Gasteiger partial charge in [0, 0.05) is 12.6 Å². The number of aromatic nitrogens is 3. The fourth-order valence-corrected chi connectivity index (χ4v) is 3.00. The number of nitrogens with one attached hydrogen (secondary N) is 1. The molecule has 0 saturated heterocycles. The molecule has 106 valence electrons. The number of rotatable bonds is 5. The molecule has 4 nitrogen and oxygen atoms in total. The molecule has 1 aromatic heterocycles. The van der Waals surface area contributed by atoms with Crippen molar-refractivity contribution in [3.05, 3.63) is 47.5 Å². The Kier molecular flexibility index (Phi) is 3.83. The van der Waals surface area contributed by atoms with Crippen molar-refractivity contribution in [3.8, 4) is 0 Å². The van der Waals surface area contributed by atoms with E-state index in [1.165, 1.54) is 24.0 Å². The van der Waals surface area contributed by atoms with Crippen LogP contribution < -0.4 is 5.32 Å². The minimum absolute atomic E-state index is 0.613. The van der Waals surface area contributed by atoms with Gasteiger partial charge in [-0.1, -0.05) is 24.3 Å². The van der Waals surface area contributed by atoms with Gasteiger partial charge in [-0.05, 0) is 43.7 Å². The molecule has 0 spiro atoms. The second kappa shape index (κ2) is 5.75. The Morgan fingerprint density at radius 3 is 2.85 bits per heavy atom. The molecule has 1 aromatic carbocycles. The van der Waals surface area contributed by atoms with Gasteiger partial charge in [-0.25, -0.2) is 0 Å². The van der Waals surface area contributed by atoms with E-state index in [-0.39, 0.29) is 0 Å². The third-order valence-corrected chi connectivity index (χ3v) is 4.35. The van der Waals surface area contributed by atoms with Gasteiger partial charge in [0.15, 0.2) is 0 Å². The summed E-state index contributed by atoms with van der Waals surface area (Å²) >= 11 is 0. The van der Waals surface area contributed by atoms with Crippen molar-refractivity contribution in [3.63, 3.8) is 0 Å². The van der Waals surface area contributed by atoms with E-state index in [9.17, 15) is 0 Å². The van der Waals surface area contributed by atoms with Crippen LogP contribution in [0.3, 0.4) is 0 Å². The van der Waals surface area contributed by atoms with E-state index in [0.717, 1.165) is 24.8 Å². The first kappa shape index (κ1) is 13.3. The van der Waals surface area contributed by atoms with Gasteiger partial charge < -0.3 is 9.88 Å². The highest BCUT2D eigenvalue weighted by molar-refractivity contribution is 5.31. The van der Waals surface area contributed by atoms with Crippen molar-refractivity contribution < 1.29 is 0 Å². The molecule has 2 aromatic rings. The van der Waals surface area contributed by atoms with Crippen molar-refractivity contribution in [2.45, 2.75) is 51.7 Å². The number of hydrogen-bond acceptors (Lipinski definition) is 3. The second-order valence-corrected chi connectivity index (χ2v) is 5.64. The molecule has 4 heteroatoms. The van der Waals surface area contributed by atoms with Crippen molar-refractivity contribution >= 4 is 0 Å². The SMILES string of the molecule is CCn1cnnc1CNC1CC(c2ccccc2C)C1. The molecule has 0 unspecified atom stereocenters. The van der Waals surface area contributed by atoms with Gasteiger partial charge in [-0.3, -0.25) is 0 Å². The normalized spacial score (nSPS) is 21.7. The molecule has 0 atom stereocenters. The van der Waals surface area contributed by atoms with Crippen LogP contribution in [0.5, 0.6) is 0 Å². The number of aryl methyl sites for hydroxylation is 2. The van der Waals surface area contributed by atoms with Gasteiger partial charge in [0.25, 0.3) is 0 Å². The first-order valence-corrected chi connectivity index (χ1v) is 7.43. The fourth-order valence-electron chi connectivity index (χ4n) is 3.00. The zero-order valence-corrected chi connectivity index (χ0v) is 12.2. The van der Waals surface area contributed by atoms with E-state index in [0.29, 0.717) is 6.04 Å². The molecular weight excluding hydrogens is 248 g/mol. The number of benzene rings is 1. The van der Waals surface area contributed by atoms with E-state index in [4.69, 9.17) is 0 Å². The summed E-state index contributed by atoms with van der Waals surface area (Å²) in [4.78, 5) is 0. The Morgan fingerprint density at radius 2 is 2.10 bits per heavy atom. The van der Waals surface area contributed by atoms with Crippen LogP contribution in [0.4, 0.5) is 0 Å². The largest absolute Gasteiger partial charge is 0.317 e. The molecule has 20 heavy (non-hydrogen) atoms. The Balaban J connectivity index is 1.50. The van der Waals surface area contributed by atoms with Gasteiger partial charge in [-0.2, -0.15) is 0 Å². The van der Waals surface area contributed by atoms with Crippen LogP contribution in [0.25, 0.3) is 0 Å². The van der Waals surface area contributed by atoms with Crippen LogP contribution in [0.15, 0.2) is 30.6 Å². The number of hydrogen-bond donors (Lipinski definition) is 1. The zero-order chi connectivity index (χ0) is 13.9. The molecule has 1 N–H and O–H groups in total. The lowest BCUT2D eigenvalue weighted by molar-refractivity contribution is 0.285. The van der Waals surface area contributed by atoms with Crippen molar-refractivity contribution in [2.75, 3.05) is 0 Å². The molecule has 1 saturated carbocycles. The maximum Gasteiger partial charge on any atom is 0.146 e. The van der Waals surface area contributed by atoms with E-state index in [1.54, 1.807) is 6.33 Å². The topological polar surface area (TPSA) is 42.7 Å². The van der Waals surface area contributed by atoms with Gasteiger partial charge in [0.2, 0.25) is 0 Å². The van der Waals surface area contributed by atoms with E-state index in [1.807, 2.05) is 0 Å². The van der Waals surface area contributed by atoms with Crippen LogP contribution in [0.2, 0.25) is 0 Å². The molecule has 1 aliphatic rings. The minimum Gasteiger partial charge on any atom is -0.317 e. The quantitative estimate of drug-likeness (QED) is 0.908. The zero-order valence-electron chi connectivity index (χ0n) is 12.2. The summed E-state index contributed by atoms with van der Waals surface area (Å²) in [6, 6.07) is 9.35. The average molecular weight is 270 g/mol. The summed E-state index contributed by atoms with van der Waals surface area (Å²) in [5.74, 6) is 1.75. The third-order valence-electron chi connectivity index (χ3n) is 4.35. The summed E-state index contributed by atoms with van der Waals surface area (Å²) in [6.07, 6.45) is 4.25. The lowest BCUT2D eigenvalue weighted by Gasteiger charge is -2.37. The predicted octanol–water partition coefficient (Wildman–Crippen LogP) is 2.64. The Bertz CT molecular complexity index is 569. The molecule has 0 radical (unpaired) electrons. The molecule has 1 fully saturated rings. The van der Waals surface area contributed by atoms with Crippen LogP contribution in [0, 0.1) is 6.92 Å². The second-order valence-electron chi connectivity index (χ2n) is 5.64. The molecule has 1 aliphatic carbocycles. The maximum atomic E-state index is 4.16. The Labute approximate surface area is 120 Å². The van der Waals surface area contributed by atoms with Crippen molar-refractivity contribution in [2.24, 2.45) is 0 Å². The van der Waals surface area contributed by atoms with Gasteiger partial charge in [0.1, 0.15) is 12.2 Å². The van der Waals surface area contributed by atoms with Crippen LogP contribution in [-0.2, 0) is 13.1 Å². The summed E-state index contributed by atoms with van der Waals surface area (Å²) in [7, 11) is 0. The van der Waals surface area contributed by atoms with Crippen molar-refractivity contribution in [1.29, 1.82) is 0 Å². The van der Waals surface area contributed by atoms with E-state index >= 15 is 0 Å². The third kappa shape index (κ3) is 2.61. The summed E-state index contributed by atoms with van der Waals surface area (Å²) in [5, 5.41) is 11.7. The van der Waals surface area contributed by atoms with Gasteiger partial charge >= 0.3 is 0 Å². The number of nitrogens with zero attached hydrogens (tertiary/aromatic N) is 3. The summed E-state index contributed by atoms with van der Waals surface area (Å²) < 4.78 is 2.09. The van der Waals surface area contributed by atoms with Crippen molar-refractivity contribution in [1.82, 2.24) is 20.1 Å². The Morgan fingerprint density at radius 1 is 1.30 bits per heavy atom. The predicted molar refractivity (Wildman–Crippen MR) is 79.5 cm³/mol. The maximum absolute atomic E-state index is 4.16. The summed E-state index contributed by atoms with van der Waals surface area (Å²) in [6.45, 7) is 6.07. The summed E-state index contributed by atoms with van der Waals surface area (Å²) in [5.41, 5.74) is 2.93. The fraction of sp³-hybridized carbons (Fsp3) is 0.500. The molecule has 0 aliphatic heterocycles. The molecule has 3 rings (SSSR count). The average Bonchev–Trinajstić information content (AvgIpc) is 2.86. The van der Waals surface area contributed by atoms with Crippen LogP contribution in [0.1, 0.15) is 42.6 Å². The monoisotopic (exact) mass is 270 g/mol. The first-order valence-electron chi connectivity index (χ1n) is 7.43. The first-order chi connectivity index (χ1) is 9.78.